The lowest BCUT2D eigenvalue weighted by atomic mass is 9.99. The second kappa shape index (κ2) is 5.03. The van der Waals surface area contributed by atoms with Crippen molar-refractivity contribution in [3.63, 3.8) is 0 Å². The fourth-order valence-electron chi connectivity index (χ4n) is 1.65. The Balaban J connectivity index is 2.52. The third-order valence-corrected chi connectivity index (χ3v) is 3.88. The first-order valence-electron chi connectivity index (χ1n) is 5.15. The average molecular weight is 310 g/mol. The van der Waals surface area contributed by atoms with Crippen LogP contribution in [0.5, 0.6) is 0 Å². The Kier molecular flexibility index (Phi) is 3.65. The Bertz CT molecular complexity index is 578. The fraction of sp³-hybridized carbons (Fsp3) is 0.0714. The van der Waals surface area contributed by atoms with Crippen LogP contribution in [0, 0.1) is 6.92 Å². The van der Waals surface area contributed by atoms with Crippen molar-refractivity contribution in [2.24, 2.45) is 0 Å². The van der Waals surface area contributed by atoms with E-state index >= 15 is 0 Å². The van der Waals surface area contributed by atoms with Crippen LogP contribution in [0.1, 0.15) is 21.5 Å². The molecule has 0 bridgehead atoms. The first-order chi connectivity index (χ1) is 8.11. The summed E-state index contributed by atoms with van der Waals surface area (Å²) in [4.78, 5) is 12.3. The van der Waals surface area contributed by atoms with Crippen LogP contribution in [-0.2, 0) is 0 Å². The molecule has 0 saturated carbocycles. The summed E-state index contributed by atoms with van der Waals surface area (Å²) in [5.41, 5.74) is 2.16. The van der Waals surface area contributed by atoms with Gasteiger partial charge in [0.2, 0.25) is 0 Å². The molecule has 2 aromatic carbocycles. The molecule has 0 N–H and O–H groups in total. The highest BCUT2D eigenvalue weighted by Crippen LogP contribution is 2.28. The highest BCUT2D eigenvalue weighted by molar-refractivity contribution is 9.10. The summed E-state index contributed by atoms with van der Waals surface area (Å²) < 4.78 is 0.735. The van der Waals surface area contributed by atoms with Crippen LogP contribution in [0.2, 0.25) is 5.02 Å². The Morgan fingerprint density at radius 3 is 2.41 bits per heavy atom. The standard InChI is InChI=1S/C14H10BrClO/c1-9-5-2-3-6-10(9)14(17)11-7-4-8-12(15)13(11)16/h2-8H,1H3. The van der Waals surface area contributed by atoms with Crippen LogP contribution in [-0.4, -0.2) is 5.78 Å². The Hall–Kier alpha value is -1.12. The number of halogens is 2. The van der Waals surface area contributed by atoms with Crippen molar-refractivity contribution in [1.82, 2.24) is 0 Å². The largest absolute Gasteiger partial charge is 0.289 e. The van der Waals surface area contributed by atoms with Crippen molar-refractivity contribution in [3.8, 4) is 0 Å². The van der Waals surface area contributed by atoms with Gasteiger partial charge in [-0.3, -0.25) is 4.79 Å². The van der Waals surface area contributed by atoms with E-state index in [-0.39, 0.29) is 5.78 Å². The number of carbonyl (C=O) groups excluding carboxylic acids is 1. The molecule has 0 radical (unpaired) electrons. The molecule has 0 amide bonds. The van der Waals surface area contributed by atoms with Gasteiger partial charge in [0.05, 0.1) is 5.02 Å². The van der Waals surface area contributed by atoms with Crippen LogP contribution >= 0.6 is 27.5 Å². The van der Waals surface area contributed by atoms with Crippen LogP contribution < -0.4 is 0 Å². The molecule has 0 spiro atoms. The summed E-state index contributed by atoms with van der Waals surface area (Å²) in [5, 5.41) is 0.459. The lowest BCUT2D eigenvalue weighted by Crippen LogP contribution is -2.04. The van der Waals surface area contributed by atoms with Crippen molar-refractivity contribution < 1.29 is 4.79 Å². The maximum atomic E-state index is 12.3. The average Bonchev–Trinajstić information content (AvgIpc) is 2.32. The maximum Gasteiger partial charge on any atom is 0.194 e. The molecule has 0 unspecified atom stereocenters. The molecule has 0 heterocycles. The van der Waals surface area contributed by atoms with Gasteiger partial charge in [0.15, 0.2) is 5.78 Å². The second-order valence-electron chi connectivity index (χ2n) is 3.75. The third-order valence-electron chi connectivity index (χ3n) is 2.59. The number of hydrogen-bond acceptors (Lipinski definition) is 1. The molecule has 86 valence electrons. The van der Waals surface area contributed by atoms with E-state index in [0.29, 0.717) is 16.1 Å². The zero-order valence-corrected chi connectivity index (χ0v) is 11.5. The van der Waals surface area contributed by atoms with Gasteiger partial charge in [0, 0.05) is 15.6 Å². The summed E-state index contributed by atoms with van der Waals surface area (Å²) in [6.07, 6.45) is 0. The van der Waals surface area contributed by atoms with Crippen LogP contribution in [0.15, 0.2) is 46.9 Å². The molecule has 0 fully saturated rings. The fourth-order valence-corrected chi connectivity index (χ4v) is 2.23. The van der Waals surface area contributed by atoms with Gasteiger partial charge in [-0.1, -0.05) is 41.9 Å². The minimum absolute atomic E-state index is 0.0469. The first kappa shape index (κ1) is 12.3. The highest BCUT2D eigenvalue weighted by Gasteiger charge is 2.15. The van der Waals surface area contributed by atoms with Gasteiger partial charge in [0.1, 0.15) is 0 Å². The zero-order valence-electron chi connectivity index (χ0n) is 9.21. The van der Waals surface area contributed by atoms with Gasteiger partial charge in [0.25, 0.3) is 0 Å². The Morgan fingerprint density at radius 1 is 1.06 bits per heavy atom. The summed E-state index contributed by atoms with van der Waals surface area (Å²) in [6.45, 7) is 1.92. The van der Waals surface area contributed by atoms with Crippen LogP contribution in [0.4, 0.5) is 0 Å². The van der Waals surface area contributed by atoms with Gasteiger partial charge in [-0.15, -0.1) is 0 Å². The van der Waals surface area contributed by atoms with Crippen molar-refractivity contribution in [2.75, 3.05) is 0 Å². The molecule has 0 saturated heterocycles. The summed E-state index contributed by atoms with van der Waals surface area (Å²) >= 11 is 9.44. The molecule has 1 nitrogen and oxygen atoms in total. The lowest BCUT2D eigenvalue weighted by molar-refractivity contribution is 0.103. The van der Waals surface area contributed by atoms with Gasteiger partial charge < -0.3 is 0 Å². The highest BCUT2D eigenvalue weighted by atomic mass is 79.9. The summed E-state index contributed by atoms with van der Waals surface area (Å²) in [5.74, 6) is -0.0469. The molecule has 2 rings (SSSR count). The third kappa shape index (κ3) is 2.43. The van der Waals surface area contributed by atoms with Gasteiger partial charge in [-0.2, -0.15) is 0 Å². The quantitative estimate of drug-likeness (QED) is 0.738. The predicted octanol–water partition coefficient (Wildman–Crippen LogP) is 4.64. The van der Waals surface area contributed by atoms with Crippen molar-refractivity contribution in [3.05, 3.63) is 68.7 Å². The minimum Gasteiger partial charge on any atom is -0.289 e. The number of rotatable bonds is 2. The number of ketones is 1. The molecule has 0 aliphatic carbocycles. The molecular weight excluding hydrogens is 300 g/mol. The smallest absolute Gasteiger partial charge is 0.194 e. The SMILES string of the molecule is Cc1ccccc1C(=O)c1cccc(Br)c1Cl. The lowest BCUT2D eigenvalue weighted by Gasteiger charge is -2.07. The molecule has 3 heteroatoms. The van der Waals surface area contributed by atoms with E-state index in [1.165, 1.54) is 0 Å². The van der Waals surface area contributed by atoms with E-state index in [9.17, 15) is 4.79 Å². The predicted molar refractivity (Wildman–Crippen MR) is 73.8 cm³/mol. The van der Waals surface area contributed by atoms with Gasteiger partial charge in [-0.25, -0.2) is 0 Å². The topological polar surface area (TPSA) is 17.1 Å². The Labute approximate surface area is 114 Å². The normalized spacial score (nSPS) is 10.3. The monoisotopic (exact) mass is 308 g/mol. The number of benzene rings is 2. The minimum atomic E-state index is -0.0469. The van der Waals surface area contributed by atoms with Gasteiger partial charge >= 0.3 is 0 Å². The van der Waals surface area contributed by atoms with E-state index in [1.807, 2.05) is 43.3 Å². The second-order valence-corrected chi connectivity index (χ2v) is 4.98. The zero-order chi connectivity index (χ0) is 12.4. The van der Waals surface area contributed by atoms with Crippen LogP contribution in [0.3, 0.4) is 0 Å². The maximum absolute atomic E-state index is 12.3. The van der Waals surface area contributed by atoms with Crippen molar-refractivity contribution in [2.45, 2.75) is 6.92 Å². The molecule has 0 aliphatic rings. The van der Waals surface area contributed by atoms with Gasteiger partial charge in [-0.05, 0) is 40.5 Å². The summed E-state index contributed by atoms with van der Waals surface area (Å²) in [7, 11) is 0. The van der Waals surface area contributed by atoms with E-state index < -0.39 is 0 Å². The molecule has 0 atom stereocenters. The van der Waals surface area contributed by atoms with E-state index in [4.69, 9.17) is 11.6 Å². The number of carbonyl (C=O) groups is 1. The van der Waals surface area contributed by atoms with E-state index in [1.54, 1.807) is 6.07 Å². The van der Waals surface area contributed by atoms with Crippen LogP contribution in [0.25, 0.3) is 0 Å². The molecule has 0 aliphatic heterocycles. The molecule has 2 aromatic rings. The van der Waals surface area contributed by atoms with Crippen molar-refractivity contribution >= 4 is 33.3 Å². The Morgan fingerprint density at radius 2 is 1.71 bits per heavy atom. The molecular formula is C14H10BrClO. The molecule has 0 aromatic heterocycles. The van der Waals surface area contributed by atoms with E-state index in [0.717, 1.165) is 10.0 Å². The number of aryl methyl sites for hydroxylation is 1. The number of hydrogen-bond donors (Lipinski definition) is 0. The molecule has 17 heavy (non-hydrogen) atoms. The van der Waals surface area contributed by atoms with Crippen molar-refractivity contribution in [1.29, 1.82) is 0 Å². The summed E-state index contributed by atoms with van der Waals surface area (Å²) in [6, 6.07) is 12.9. The first-order valence-corrected chi connectivity index (χ1v) is 6.32. The van der Waals surface area contributed by atoms with E-state index in [2.05, 4.69) is 15.9 Å².